The Kier molecular flexibility index (Phi) is 2.46. The summed E-state index contributed by atoms with van der Waals surface area (Å²) in [6, 6.07) is 8.88. The normalized spacial score (nSPS) is 18.4. The first-order valence-electron chi connectivity index (χ1n) is 4.72. The van der Waals surface area contributed by atoms with E-state index in [0.29, 0.717) is 0 Å². The average molecular weight is 178 g/mol. The van der Waals surface area contributed by atoms with Crippen LogP contribution in [-0.2, 0) is 0 Å². The second-order valence-electron chi connectivity index (χ2n) is 3.65. The maximum absolute atomic E-state index is 2.77. The van der Waals surface area contributed by atoms with Crippen molar-refractivity contribution in [2.75, 3.05) is 0 Å². The molecule has 0 aromatic heterocycles. The van der Waals surface area contributed by atoms with Gasteiger partial charge < -0.3 is 0 Å². The third-order valence-corrected chi connectivity index (χ3v) is 3.10. The molecule has 12 heavy (non-hydrogen) atoms. The summed E-state index contributed by atoms with van der Waals surface area (Å²) in [5.74, 6) is 0.852. The predicted octanol–water partition coefficient (Wildman–Crippen LogP) is 2.84. The molecule has 0 heterocycles. The molecule has 1 aromatic rings. The van der Waals surface area contributed by atoms with Crippen LogP contribution in [0.4, 0.5) is 0 Å². The van der Waals surface area contributed by atoms with Crippen LogP contribution in [0.1, 0.15) is 37.2 Å². The third kappa shape index (κ3) is 1.69. The molecule has 1 fully saturated rings. The molecule has 2 rings (SSSR count). The van der Waals surface area contributed by atoms with Gasteiger partial charge in [0.05, 0.1) is 0 Å². The highest BCUT2D eigenvalue weighted by Gasteiger charge is 2.16. The van der Waals surface area contributed by atoms with E-state index in [-0.39, 0.29) is 0 Å². The van der Waals surface area contributed by atoms with Crippen LogP contribution >= 0.6 is 9.24 Å². The lowest BCUT2D eigenvalue weighted by Gasteiger charge is -2.09. The van der Waals surface area contributed by atoms with Crippen LogP contribution in [-0.4, -0.2) is 0 Å². The van der Waals surface area contributed by atoms with Crippen molar-refractivity contribution in [3.05, 3.63) is 29.8 Å². The van der Waals surface area contributed by atoms with Gasteiger partial charge in [-0.3, -0.25) is 0 Å². The molecule has 1 heteroatoms. The third-order valence-electron chi connectivity index (χ3n) is 2.74. The van der Waals surface area contributed by atoms with E-state index in [0.717, 1.165) is 5.92 Å². The summed E-state index contributed by atoms with van der Waals surface area (Å²) in [6.07, 6.45) is 5.64. The highest BCUT2D eigenvalue weighted by molar-refractivity contribution is 7.27. The Labute approximate surface area is 76.6 Å². The van der Waals surface area contributed by atoms with E-state index in [1.807, 2.05) is 0 Å². The molecule has 0 bridgehead atoms. The standard InChI is InChI=1S/C11H15P/c12-11-7-3-6-10(8-11)9-4-1-2-5-9/h3,6-9H,1-2,4-5,12H2. The van der Waals surface area contributed by atoms with E-state index in [2.05, 4.69) is 33.5 Å². The van der Waals surface area contributed by atoms with Crippen LogP contribution in [0.3, 0.4) is 0 Å². The van der Waals surface area contributed by atoms with Crippen molar-refractivity contribution in [1.29, 1.82) is 0 Å². The molecule has 0 saturated heterocycles. The Morgan fingerprint density at radius 3 is 2.58 bits per heavy atom. The molecule has 0 radical (unpaired) electrons. The van der Waals surface area contributed by atoms with Crippen molar-refractivity contribution in [3.8, 4) is 0 Å². The Morgan fingerprint density at radius 1 is 1.17 bits per heavy atom. The van der Waals surface area contributed by atoms with Crippen molar-refractivity contribution in [2.24, 2.45) is 0 Å². The van der Waals surface area contributed by atoms with E-state index in [4.69, 9.17) is 0 Å². The van der Waals surface area contributed by atoms with Gasteiger partial charge >= 0.3 is 0 Å². The Morgan fingerprint density at radius 2 is 1.92 bits per heavy atom. The first-order chi connectivity index (χ1) is 5.86. The second kappa shape index (κ2) is 3.58. The number of hydrogen-bond donors (Lipinski definition) is 0. The molecular weight excluding hydrogens is 163 g/mol. The quantitative estimate of drug-likeness (QED) is 0.580. The molecule has 64 valence electrons. The van der Waals surface area contributed by atoms with Crippen LogP contribution < -0.4 is 5.30 Å². The van der Waals surface area contributed by atoms with E-state index >= 15 is 0 Å². The highest BCUT2D eigenvalue weighted by Crippen LogP contribution is 2.33. The Bertz CT molecular complexity index is 261. The molecule has 1 unspecified atom stereocenters. The molecule has 0 aliphatic heterocycles. The molecule has 1 saturated carbocycles. The minimum Gasteiger partial charge on any atom is -0.106 e. The number of rotatable bonds is 1. The smallest absolute Gasteiger partial charge is 0.0162 e. The number of benzene rings is 1. The zero-order valence-corrected chi connectivity index (χ0v) is 8.45. The van der Waals surface area contributed by atoms with Gasteiger partial charge in [-0.2, -0.15) is 0 Å². The average Bonchev–Trinajstić information content (AvgIpc) is 2.56. The number of hydrogen-bond acceptors (Lipinski definition) is 0. The molecule has 0 spiro atoms. The fraction of sp³-hybridized carbons (Fsp3) is 0.455. The molecule has 0 N–H and O–H groups in total. The molecule has 1 atom stereocenters. The van der Waals surface area contributed by atoms with E-state index in [9.17, 15) is 0 Å². The summed E-state index contributed by atoms with van der Waals surface area (Å²) < 4.78 is 0. The van der Waals surface area contributed by atoms with Gasteiger partial charge in [-0.25, -0.2) is 0 Å². The minimum atomic E-state index is 0.852. The van der Waals surface area contributed by atoms with E-state index in [1.54, 1.807) is 5.56 Å². The predicted molar refractivity (Wildman–Crippen MR) is 57.0 cm³/mol. The molecule has 0 amide bonds. The Hall–Kier alpha value is -0.350. The monoisotopic (exact) mass is 178 g/mol. The maximum atomic E-state index is 2.77. The van der Waals surface area contributed by atoms with Gasteiger partial charge in [0.2, 0.25) is 0 Å². The molecule has 1 aliphatic rings. The maximum Gasteiger partial charge on any atom is -0.0162 e. The first-order valence-corrected chi connectivity index (χ1v) is 5.29. The lowest BCUT2D eigenvalue weighted by molar-refractivity contribution is 0.724. The summed E-state index contributed by atoms with van der Waals surface area (Å²) in [5.41, 5.74) is 1.54. The van der Waals surface area contributed by atoms with Crippen LogP contribution in [0.25, 0.3) is 0 Å². The SMILES string of the molecule is Pc1cccc(C2CCCC2)c1. The Balaban J connectivity index is 2.21. The van der Waals surface area contributed by atoms with Gasteiger partial charge in [-0.1, -0.05) is 37.1 Å². The van der Waals surface area contributed by atoms with Gasteiger partial charge in [-0.05, 0) is 29.6 Å². The lowest BCUT2D eigenvalue weighted by Crippen LogP contribution is -1.97. The molecule has 0 nitrogen and oxygen atoms in total. The van der Waals surface area contributed by atoms with Gasteiger partial charge in [0.1, 0.15) is 0 Å². The molecule has 1 aromatic carbocycles. The zero-order valence-electron chi connectivity index (χ0n) is 7.29. The van der Waals surface area contributed by atoms with Crippen molar-refractivity contribution in [3.63, 3.8) is 0 Å². The van der Waals surface area contributed by atoms with Crippen LogP contribution in [0.5, 0.6) is 0 Å². The van der Waals surface area contributed by atoms with Gasteiger partial charge in [0.25, 0.3) is 0 Å². The molecular formula is C11H15P. The fourth-order valence-corrected chi connectivity index (χ4v) is 2.38. The fourth-order valence-electron chi connectivity index (χ4n) is 2.07. The van der Waals surface area contributed by atoms with Crippen molar-refractivity contribution in [2.45, 2.75) is 31.6 Å². The first kappa shape index (κ1) is 8.26. The summed E-state index contributed by atoms with van der Waals surface area (Å²) in [5, 5.41) is 1.32. The zero-order chi connectivity index (χ0) is 8.39. The summed E-state index contributed by atoms with van der Waals surface area (Å²) in [4.78, 5) is 0. The topological polar surface area (TPSA) is 0 Å². The molecule has 1 aliphatic carbocycles. The van der Waals surface area contributed by atoms with Crippen molar-refractivity contribution in [1.82, 2.24) is 0 Å². The van der Waals surface area contributed by atoms with Crippen molar-refractivity contribution < 1.29 is 0 Å². The van der Waals surface area contributed by atoms with Crippen molar-refractivity contribution >= 4 is 14.5 Å². The van der Waals surface area contributed by atoms with Gasteiger partial charge in [-0.15, -0.1) is 9.24 Å². The highest BCUT2D eigenvalue weighted by atomic mass is 31.0. The van der Waals surface area contributed by atoms with Gasteiger partial charge in [0, 0.05) is 0 Å². The lowest BCUT2D eigenvalue weighted by atomic mass is 9.98. The van der Waals surface area contributed by atoms with Crippen LogP contribution in [0.2, 0.25) is 0 Å². The second-order valence-corrected chi connectivity index (χ2v) is 4.32. The summed E-state index contributed by atoms with van der Waals surface area (Å²) in [6.45, 7) is 0. The largest absolute Gasteiger partial charge is 0.106 e. The van der Waals surface area contributed by atoms with Gasteiger partial charge in [0.15, 0.2) is 0 Å². The van der Waals surface area contributed by atoms with Crippen LogP contribution in [0.15, 0.2) is 24.3 Å². The van der Waals surface area contributed by atoms with E-state index < -0.39 is 0 Å². The van der Waals surface area contributed by atoms with Crippen LogP contribution in [0, 0.1) is 0 Å². The minimum absolute atomic E-state index is 0.852. The summed E-state index contributed by atoms with van der Waals surface area (Å²) in [7, 11) is 2.77. The summed E-state index contributed by atoms with van der Waals surface area (Å²) >= 11 is 0. The van der Waals surface area contributed by atoms with E-state index in [1.165, 1.54) is 31.0 Å².